The molecule has 7 nitrogen and oxygen atoms in total. The second-order valence-corrected chi connectivity index (χ2v) is 5.97. The van der Waals surface area contributed by atoms with Crippen LogP contribution in [0.4, 0.5) is 9.18 Å². The number of hydrogen-bond donors (Lipinski definition) is 3. The maximum Gasteiger partial charge on any atom is 0.408 e. The molecule has 0 saturated heterocycles. The Morgan fingerprint density at radius 3 is 2.38 bits per heavy atom. The zero-order valence-electron chi connectivity index (χ0n) is 13.9. The van der Waals surface area contributed by atoms with Crippen LogP contribution in [0.5, 0.6) is 0 Å². The van der Waals surface area contributed by atoms with E-state index in [1.807, 2.05) is 0 Å². The van der Waals surface area contributed by atoms with Crippen LogP contribution in [-0.2, 0) is 9.53 Å². The van der Waals surface area contributed by atoms with Crippen molar-refractivity contribution in [1.82, 2.24) is 16.0 Å². The lowest BCUT2D eigenvalue weighted by molar-refractivity contribution is -0.120. The minimum Gasteiger partial charge on any atom is -0.444 e. The quantitative estimate of drug-likeness (QED) is 0.679. The Hall–Kier alpha value is -2.64. The fourth-order valence-corrected chi connectivity index (χ4v) is 1.64. The second kappa shape index (κ2) is 8.85. The maximum absolute atomic E-state index is 13.0. The van der Waals surface area contributed by atoms with E-state index in [1.54, 1.807) is 20.8 Å². The number of rotatable bonds is 6. The summed E-state index contributed by atoms with van der Waals surface area (Å²) in [6.07, 6.45) is -0.683. The minimum absolute atomic E-state index is 0.174. The predicted octanol–water partition coefficient (Wildman–Crippen LogP) is 1.20. The highest BCUT2D eigenvalue weighted by atomic mass is 19.1. The lowest BCUT2D eigenvalue weighted by atomic mass is 10.2. The summed E-state index contributed by atoms with van der Waals surface area (Å²) in [4.78, 5) is 34.6. The summed E-state index contributed by atoms with van der Waals surface area (Å²) in [5.74, 6) is -1.35. The molecule has 3 amide bonds. The molecule has 0 spiro atoms. The van der Waals surface area contributed by atoms with Crippen LogP contribution >= 0.6 is 0 Å². The number of halogens is 1. The molecule has 132 valence electrons. The van der Waals surface area contributed by atoms with Gasteiger partial charge in [0, 0.05) is 18.7 Å². The fraction of sp³-hybridized carbons (Fsp3) is 0.438. The van der Waals surface area contributed by atoms with Gasteiger partial charge in [0.2, 0.25) is 5.91 Å². The summed E-state index contributed by atoms with van der Waals surface area (Å²) in [5, 5.41) is 7.38. The average Bonchev–Trinajstić information content (AvgIpc) is 2.47. The molecule has 0 saturated carbocycles. The van der Waals surface area contributed by atoms with E-state index < -0.39 is 29.3 Å². The standard InChI is InChI=1S/C16H22FN3O4/c1-16(2,3)24-15(23)20-10-13(21)18-7-8-19-14(22)11-5-4-6-12(17)9-11/h4-6,9H,7-8,10H2,1-3H3,(H,18,21)(H,19,22)(H,20,23). The Kier molecular flexibility index (Phi) is 7.16. The first-order valence-corrected chi connectivity index (χ1v) is 7.45. The van der Waals surface area contributed by atoms with E-state index in [0.717, 1.165) is 6.07 Å². The molecule has 0 aliphatic rings. The summed E-state index contributed by atoms with van der Waals surface area (Å²) in [6.45, 7) is 5.27. The maximum atomic E-state index is 13.0. The van der Waals surface area contributed by atoms with Crippen LogP contribution in [-0.4, -0.2) is 43.1 Å². The van der Waals surface area contributed by atoms with E-state index >= 15 is 0 Å². The fourth-order valence-electron chi connectivity index (χ4n) is 1.64. The number of nitrogens with one attached hydrogen (secondary N) is 3. The Labute approximate surface area is 139 Å². The molecular weight excluding hydrogens is 317 g/mol. The molecule has 0 unspecified atom stereocenters. The van der Waals surface area contributed by atoms with Crippen molar-refractivity contribution < 1.29 is 23.5 Å². The number of carbonyl (C=O) groups is 3. The molecule has 1 aromatic carbocycles. The van der Waals surface area contributed by atoms with Gasteiger partial charge < -0.3 is 20.7 Å². The SMILES string of the molecule is CC(C)(C)OC(=O)NCC(=O)NCCNC(=O)c1cccc(F)c1. The summed E-state index contributed by atoms with van der Waals surface area (Å²) < 4.78 is 18.0. The Morgan fingerprint density at radius 2 is 1.75 bits per heavy atom. The van der Waals surface area contributed by atoms with Crippen LogP contribution in [0.1, 0.15) is 31.1 Å². The van der Waals surface area contributed by atoms with Gasteiger partial charge in [0.1, 0.15) is 11.4 Å². The largest absolute Gasteiger partial charge is 0.444 e. The molecular formula is C16H22FN3O4. The Bertz CT molecular complexity index is 599. The van der Waals surface area contributed by atoms with Gasteiger partial charge in [0.05, 0.1) is 6.54 Å². The summed E-state index contributed by atoms with van der Waals surface area (Å²) in [5.41, 5.74) is -0.435. The van der Waals surface area contributed by atoms with Gasteiger partial charge in [-0.15, -0.1) is 0 Å². The van der Waals surface area contributed by atoms with E-state index in [9.17, 15) is 18.8 Å². The molecule has 1 aromatic rings. The highest BCUT2D eigenvalue weighted by Gasteiger charge is 2.16. The van der Waals surface area contributed by atoms with Gasteiger partial charge in [-0.3, -0.25) is 9.59 Å². The number of amides is 3. The van der Waals surface area contributed by atoms with Gasteiger partial charge in [0.25, 0.3) is 5.91 Å². The Balaban J connectivity index is 2.19. The first-order valence-electron chi connectivity index (χ1n) is 7.45. The average molecular weight is 339 g/mol. The first kappa shape index (κ1) is 19.4. The number of hydrogen-bond acceptors (Lipinski definition) is 4. The van der Waals surface area contributed by atoms with Gasteiger partial charge in [-0.1, -0.05) is 6.07 Å². The van der Waals surface area contributed by atoms with Crippen molar-refractivity contribution in [3.05, 3.63) is 35.6 Å². The van der Waals surface area contributed by atoms with Crippen LogP contribution in [0.2, 0.25) is 0 Å². The third kappa shape index (κ3) is 8.11. The molecule has 0 heterocycles. The van der Waals surface area contributed by atoms with E-state index in [-0.39, 0.29) is 25.2 Å². The van der Waals surface area contributed by atoms with Crippen LogP contribution in [0.15, 0.2) is 24.3 Å². The highest BCUT2D eigenvalue weighted by Crippen LogP contribution is 2.06. The van der Waals surface area contributed by atoms with Gasteiger partial charge in [-0.2, -0.15) is 0 Å². The van der Waals surface area contributed by atoms with Crippen molar-refractivity contribution in [2.45, 2.75) is 26.4 Å². The monoisotopic (exact) mass is 339 g/mol. The highest BCUT2D eigenvalue weighted by molar-refractivity contribution is 5.94. The molecule has 1 rings (SSSR count). The van der Waals surface area contributed by atoms with Crippen molar-refractivity contribution in [1.29, 1.82) is 0 Å². The minimum atomic E-state index is -0.683. The summed E-state index contributed by atoms with van der Waals surface area (Å²) in [7, 11) is 0. The van der Waals surface area contributed by atoms with E-state index in [1.165, 1.54) is 18.2 Å². The van der Waals surface area contributed by atoms with Gasteiger partial charge in [-0.05, 0) is 39.0 Å². The first-order chi connectivity index (χ1) is 11.2. The van der Waals surface area contributed by atoms with Crippen LogP contribution in [0.3, 0.4) is 0 Å². The molecule has 24 heavy (non-hydrogen) atoms. The zero-order chi connectivity index (χ0) is 18.2. The van der Waals surface area contributed by atoms with Gasteiger partial charge in [0.15, 0.2) is 0 Å². The van der Waals surface area contributed by atoms with Crippen LogP contribution in [0, 0.1) is 5.82 Å². The number of benzene rings is 1. The molecule has 0 aromatic heterocycles. The number of carbonyl (C=O) groups excluding carboxylic acids is 3. The van der Waals surface area contributed by atoms with Crippen molar-refractivity contribution in [2.75, 3.05) is 19.6 Å². The van der Waals surface area contributed by atoms with E-state index in [2.05, 4.69) is 16.0 Å². The lowest BCUT2D eigenvalue weighted by Gasteiger charge is -2.19. The van der Waals surface area contributed by atoms with Crippen LogP contribution in [0.25, 0.3) is 0 Å². The molecule has 0 fully saturated rings. The van der Waals surface area contributed by atoms with E-state index in [0.29, 0.717) is 0 Å². The lowest BCUT2D eigenvalue weighted by Crippen LogP contribution is -2.42. The van der Waals surface area contributed by atoms with Crippen molar-refractivity contribution in [3.63, 3.8) is 0 Å². The molecule has 0 radical (unpaired) electrons. The van der Waals surface area contributed by atoms with Crippen molar-refractivity contribution in [3.8, 4) is 0 Å². The third-order valence-electron chi connectivity index (χ3n) is 2.61. The number of alkyl carbamates (subject to hydrolysis) is 1. The number of ether oxygens (including phenoxy) is 1. The second-order valence-electron chi connectivity index (χ2n) is 5.97. The van der Waals surface area contributed by atoms with Crippen molar-refractivity contribution in [2.24, 2.45) is 0 Å². The molecule has 0 aliphatic heterocycles. The predicted molar refractivity (Wildman–Crippen MR) is 86.0 cm³/mol. The van der Waals surface area contributed by atoms with Gasteiger partial charge in [-0.25, -0.2) is 9.18 Å². The summed E-state index contributed by atoms with van der Waals surface area (Å²) >= 11 is 0. The molecule has 0 bridgehead atoms. The normalized spacial score (nSPS) is 10.7. The third-order valence-corrected chi connectivity index (χ3v) is 2.61. The molecule has 8 heteroatoms. The summed E-state index contributed by atoms with van der Waals surface area (Å²) in [6, 6.07) is 5.30. The molecule has 3 N–H and O–H groups in total. The van der Waals surface area contributed by atoms with Crippen LogP contribution < -0.4 is 16.0 Å². The molecule has 0 atom stereocenters. The zero-order valence-corrected chi connectivity index (χ0v) is 13.9. The Morgan fingerprint density at radius 1 is 1.08 bits per heavy atom. The van der Waals surface area contributed by atoms with E-state index in [4.69, 9.17) is 4.74 Å². The van der Waals surface area contributed by atoms with Crippen molar-refractivity contribution >= 4 is 17.9 Å². The smallest absolute Gasteiger partial charge is 0.408 e. The molecule has 0 aliphatic carbocycles. The van der Waals surface area contributed by atoms with Gasteiger partial charge >= 0.3 is 6.09 Å². The topological polar surface area (TPSA) is 96.5 Å².